The van der Waals surface area contributed by atoms with Crippen LogP contribution in [-0.2, 0) is 30.7 Å². The predicted octanol–water partition coefficient (Wildman–Crippen LogP) is 2.64. The van der Waals surface area contributed by atoms with E-state index in [0.717, 1.165) is 25.7 Å². The lowest BCUT2D eigenvalue weighted by atomic mass is 9.55. The summed E-state index contributed by atoms with van der Waals surface area (Å²) in [6.07, 6.45) is 2.55. The number of esters is 2. The number of phenolic OH excluding ortho intramolecular Hbond substituents is 1. The van der Waals surface area contributed by atoms with Gasteiger partial charge in [0.15, 0.2) is 6.61 Å². The molecule has 0 radical (unpaired) electrons. The average molecular weight is 530 g/mol. The Labute approximate surface area is 215 Å². The first-order valence-electron chi connectivity index (χ1n) is 12.5. The van der Waals surface area contributed by atoms with Crippen LogP contribution in [0.15, 0.2) is 47.4 Å². The highest BCUT2D eigenvalue weighted by atomic mass is 32.2. The zero-order valence-electron chi connectivity index (χ0n) is 20.5. The molecule has 6 atom stereocenters. The van der Waals surface area contributed by atoms with E-state index >= 15 is 0 Å². The fourth-order valence-corrected chi connectivity index (χ4v) is 7.43. The van der Waals surface area contributed by atoms with Crippen LogP contribution in [0, 0.1) is 17.3 Å². The van der Waals surface area contributed by atoms with Gasteiger partial charge in [0.1, 0.15) is 11.9 Å². The molecule has 0 bridgehead atoms. The Morgan fingerprint density at radius 2 is 1.86 bits per heavy atom. The Bertz CT molecular complexity index is 1320. The van der Waals surface area contributed by atoms with Gasteiger partial charge in [0, 0.05) is 5.41 Å². The van der Waals surface area contributed by atoms with Gasteiger partial charge in [-0.05, 0) is 97.4 Å². The zero-order valence-corrected chi connectivity index (χ0v) is 21.3. The summed E-state index contributed by atoms with van der Waals surface area (Å²) in [6.45, 7) is 1.45. The molecule has 2 aromatic carbocycles. The number of ether oxygens (including phenoxy) is 2. The number of sulfonamides is 1. The third-order valence-electron chi connectivity index (χ3n) is 8.64. The number of aliphatic hydroxyl groups excluding tert-OH is 1. The lowest BCUT2D eigenvalue weighted by molar-refractivity contribution is -0.167. The first kappa shape index (κ1) is 25.7. The summed E-state index contributed by atoms with van der Waals surface area (Å²) in [5, 5.41) is 25.9. The van der Waals surface area contributed by atoms with Crippen molar-refractivity contribution in [3.05, 3.63) is 59.2 Å². The Hall–Kier alpha value is -2.95. The van der Waals surface area contributed by atoms with Gasteiger partial charge in [-0.1, -0.05) is 13.0 Å². The minimum atomic E-state index is -3.89. The molecule has 2 fully saturated rings. The van der Waals surface area contributed by atoms with E-state index in [0.29, 0.717) is 18.3 Å². The van der Waals surface area contributed by atoms with E-state index < -0.39 is 46.2 Å². The maximum atomic E-state index is 12.6. The molecule has 2 saturated carbocycles. The number of carbonyl (C=O) groups excluding carboxylic acids is 2. The number of fused-ring (bicyclic) bond motifs is 5. The van der Waals surface area contributed by atoms with E-state index in [-0.39, 0.29) is 22.1 Å². The number of hydrogen-bond donors (Lipinski definition) is 3. The smallest absolute Gasteiger partial charge is 0.344 e. The normalized spacial score (nSPS) is 30.5. The van der Waals surface area contributed by atoms with Gasteiger partial charge in [-0.2, -0.15) is 0 Å². The summed E-state index contributed by atoms with van der Waals surface area (Å²) < 4.78 is 33.5. The van der Waals surface area contributed by atoms with Crippen LogP contribution in [0.25, 0.3) is 0 Å². The summed E-state index contributed by atoms with van der Waals surface area (Å²) in [5.74, 6) is -0.380. The van der Waals surface area contributed by atoms with Gasteiger partial charge in [-0.15, -0.1) is 0 Å². The standard InChI is InChI=1S/C27H31NO8S/c1-27-11-10-20-19-9-5-17(29)12-16(19)4-8-21(20)22(27)13-23(30)25(27)36-24(31)14-35-26(32)15-2-6-18(7-3-15)37(28,33)34/h2-3,5-7,9,12,20-23,25,29-30H,4,8,10-11,13-14H2,1H3,(H2,28,33,34). The van der Waals surface area contributed by atoms with Gasteiger partial charge in [-0.3, -0.25) is 0 Å². The average Bonchev–Trinajstić information content (AvgIpc) is 3.11. The minimum absolute atomic E-state index is 0.0670. The van der Waals surface area contributed by atoms with Gasteiger partial charge in [0.25, 0.3) is 0 Å². The summed E-state index contributed by atoms with van der Waals surface area (Å²) in [6, 6.07) is 10.5. The number of rotatable bonds is 5. The van der Waals surface area contributed by atoms with Gasteiger partial charge in [0.2, 0.25) is 10.0 Å². The van der Waals surface area contributed by atoms with E-state index in [1.54, 1.807) is 6.07 Å². The van der Waals surface area contributed by atoms with Gasteiger partial charge in [0.05, 0.1) is 16.6 Å². The largest absolute Gasteiger partial charge is 0.508 e. The highest BCUT2D eigenvalue weighted by Crippen LogP contribution is 2.61. The summed E-state index contributed by atoms with van der Waals surface area (Å²) in [7, 11) is -3.89. The Kier molecular flexibility index (Phi) is 6.54. The number of aryl methyl sites for hydroxylation is 1. The topological polar surface area (TPSA) is 153 Å². The molecule has 6 unspecified atom stereocenters. The molecular weight excluding hydrogens is 498 g/mol. The first-order chi connectivity index (χ1) is 17.5. The number of nitrogens with two attached hydrogens (primary N) is 1. The quantitative estimate of drug-likeness (QED) is 0.500. The summed E-state index contributed by atoms with van der Waals surface area (Å²) >= 11 is 0. The maximum absolute atomic E-state index is 12.6. The van der Waals surface area contributed by atoms with Crippen molar-refractivity contribution in [1.82, 2.24) is 0 Å². The number of hydrogen-bond acceptors (Lipinski definition) is 8. The Balaban J connectivity index is 1.22. The Morgan fingerprint density at radius 1 is 1.14 bits per heavy atom. The van der Waals surface area contributed by atoms with Crippen molar-refractivity contribution in [3.8, 4) is 5.75 Å². The lowest BCUT2D eigenvalue weighted by Crippen LogP contribution is -2.46. The summed E-state index contributed by atoms with van der Waals surface area (Å²) in [5.41, 5.74) is 2.14. The van der Waals surface area contributed by atoms with E-state index in [1.165, 1.54) is 35.4 Å². The van der Waals surface area contributed by atoms with Gasteiger partial charge < -0.3 is 19.7 Å². The minimum Gasteiger partial charge on any atom is -0.508 e. The molecule has 198 valence electrons. The SMILES string of the molecule is CC12CCC3c4ccc(O)cc4CCC3C1CC(O)C2OC(=O)COC(=O)c1ccc(S(N)(=O)=O)cc1. The van der Waals surface area contributed by atoms with Crippen molar-refractivity contribution in [2.45, 2.75) is 62.0 Å². The third kappa shape index (κ3) is 4.73. The molecule has 5 rings (SSSR count). The van der Waals surface area contributed by atoms with Crippen LogP contribution in [-0.4, -0.2) is 49.4 Å². The van der Waals surface area contributed by atoms with E-state index in [9.17, 15) is 28.2 Å². The van der Waals surface area contributed by atoms with Crippen LogP contribution in [0.4, 0.5) is 0 Å². The second kappa shape index (κ2) is 9.41. The number of phenols is 1. The Morgan fingerprint density at radius 3 is 2.57 bits per heavy atom. The molecule has 37 heavy (non-hydrogen) atoms. The maximum Gasteiger partial charge on any atom is 0.344 e. The molecule has 9 nitrogen and oxygen atoms in total. The number of carbonyl (C=O) groups is 2. The third-order valence-corrected chi connectivity index (χ3v) is 9.57. The van der Waals surface area contributed by atoms with Crippen molar-refractivity contribution in [2.75, 3.05) is 6.61 Å². The van der Waals surface area contributed by atoms with Crippen LogP contribution >= 0.6 is 0 Å². The molecule has 0 spiro atoms. The molecule has 4 N–H and O–H groups in total. The second-order valence-electron chi connectivity index (χ2n) is 10.7. The first-order valence-corrected chi connectivity index (χ1v) is 14.0. The predicted molar refractivity (Wildman–Crippen MR) is 132 cm³/mol. The molecule has 0 amide bonds. The highest BCUT2D eigenvalue weighted by molar-refractivity contribution is 7.89. The molecule has 2 aromatic rings. The van der Waals surface area contributed by atoms with E-state index in [1.807, 2.05) is 12.1 Å². The number of primary sulfonamides is 1. The van der Waals surface area contributed by atoms with Crippen molar-refractivity contribution in [2.24, 2.45) is 22.4 Å². The molecule has 0 saturated heterocycles. The molecule has 0 heterocycles. The van der Waals surface area contributed by atoms with Crippen LogP contribution < -0.4 is 5.14 Å². The monoisotopic (exact) mass is 529 g/mol. The molecule has 0 aliphatic heterocycles. The molecule has 3 aliphatic rings. The van der Waals surface area contributed by atoms with Crippen molar-refractivity contribution < 1.29 is 37.7 Å². The highest BCUT2D eigenvalue weighted by Gasteiger charge is 2.59. The van der Waals surface area contributed by atoms with Crippen molar-refractivity contribution in [1.29, 1.82) is 0 Å². The van der Waals surface area contributed by atoms with Crippen LogP contribution in [0.1, 0.15) is 60.0 Å². The van der Waals surface area contributed by atoms with E-state index in [2.05, 4.69) is 6.92 Å². The van der Waals surface area contributed by atoms with Crippen LogP contribution in [0.3, 0.4) is 0 Å². The van der Waals surface area contributed by atoms with Crippen LogP contribution in [0.5, 0.6) is 5.75 Å². The molecular formula is C27H31NO8S. The van der Waals surface area contributed by atoms with Crippen LogP contribution in [0.2, 0.25) is 0 Å². The number of benzene rings is 2. The van der Waals surface area contributed by atoms with Crippen molar-refractivity contribution in [3.63, 3.8) is 0 Å². The second-order valence-corrected chi connectivity index (χ2v) is 12.3. The number of aliphatic hydroxyl groups is 1. The fourth-order valence-electron chi connectivity index (χ4n) is 6.91. The molecule has 0 aromatic heterocycles. The van der Waals surface area contributed by atoms with E-state index in [4.69, 9.17) is 14.6 Å². The van der Waals surface area contributed by atoms with Gasteiger partial charge >= 0.3 is 11.9 Å². The zero-order chi connectivity index (χ0) is 26.5. The molecule has 10 heteroatoms. The fraction of sp³-hybridized carbons (Fsp3) is 0.481. The molecule has 3 aliphatic carbocycles. The van der Waals surface area contributed by atoms with Crippen molar-refractivity contribution >= 4 is 22.0 Å². The number of aromatic hydroxyl groups is 1. The lowest BCUT2D eigenvalue weighted by Gasteiger charge is -2.50. The van der Waals surface area contributed by atoms with Gasteiger partial charge in [-0.25, -0.2) is 23.1 Å². The summed E-state index contributed by atoms with van der Waals surface area (Å²) in [4.78, 5) is 24.8.